The van der Waals surface area contributed by atoms with Gasteiger partial charge in [0.15, 0.2) is 0 Å². The van der Waals surface area contributed by atoms with E-state index in [-0.39, 0.29) is 12.2 Å². The number of phenolic OH excluding ortho intramolecular Hbond substituents is 1. The lowest BCUT2D eigenvalue weighted by molar-refractivity contribution is -0.126. The van der Waals surface area contributed by atoms with E-state index in [4.69, 9.17) is 11.6 Å². The summed E-state index contributed by atoms with van der Waals surface area (Å²) in [5.41, 5.74) is 4.26. The third-order valence-corrected chi connectivity index (χ3v) is 3.27. The summed E-state index contributed by atoms with van der Waals surface area (Å²) >= 11 is 5.80. The summed E-state index contributed by atoms with van der Waals surface area (Å²) in [7, 11) is 0. The van der Waals surface area contributed by atoms with E-state index < -0.39 is 11.8 Å². The van der Waals surface area contributed by atoms with E-state index in [1.807, 2.05) is 19.1 Å². The monoisotopic (exact) mass is 345 g/mol. The Labute approximate surface area is 144 Å². The number of amides is 2. The maximum atomic E-state index is 11.8. The second-order valence-electron chi connectivity index (χ2n) is 5.09. The Kier molecular flexibility index (Phi) is 5.92. The van der Waals surface area contributed by atoms with Crippen LogP contribution in [0.5, 0.6) is 5.75 Å². The van der Waals surface area contributed by atoms with Crippen molar-refractivity contribution in [3.8, 4) is 5.75 Å². The van der Waals surface area contributed by atoms with Crippen LogP contribution in [0.3, 0.4) is 0 Å². The molecule has 0 atom stereocenters. The number of carbonyl (C=O) groups is 2. The van der Waals surface area contributed by atoms with E-state index >= 15 is 0 Å². The Morgan fingerprint density at radius 2 is 1.88 bits per heavy atom. The highest BCUT2D eigenvalue weighted by Gasteiger charge is 2.09. The number of anilines is 1. The van der Waals surface area contributed by atoms with Crippen LogP contribution in [-0.4, -0.2) is 23.1 Å². The van der Waals surface area contributed by atoms with Crippen LogP contribution in [0.2, 0.25) is 5.02 Å². The summed E-state index contributed by atoms with van der Waals surface area (Å²) < 4.78 is 0. The molecule has 124 valence electrons. The first-order valence-electron chi connectivity index (χ1n) is 7.11. The van der Waals surface area contributed by atoms with Crippen molar-refractivity contribution < 1.29 is 14.7 Å². The summed E-state index contributed by atoms with van der Waals surface area (Å²) in [6, 6.07) is 11.7. The van der Waals surface area contributed by atoms with Gasteiger partial charge in [0, 0.05) is 16.3 Å². The average Bonchev–Trinajstić information content (AvgIpc) is 2.53. The molecule has 0 fully saturated rings. The molecular weight excluding hydrogens is 330 g/mol. The average molecular weight is 346 g/mol. The van der Waals surface area contributed by atoms with Gasteiger partial charge in [-0.1, -0.05) is 29.3 Å². The Balaban J connectivity index is 1.84. The van der Waals surface area contributed by atoms with Crippen LogP contribution in [0, 0.1) is 6.92 Å². The van der Waals surface area contributed by atoms with E-state index in [2.05, 4.69) is 15.8 Å². The molecule has 0 saturated carbocycles. The zero-order valence-corrected chi connectivity index (χ0v) is 13.7. The van der Waals surface area contributed by atoms with Gasteiger partial charge < -0.3 is 10.4 Å². The molecule has 0 radical (unpaired) electrons. The Hall–Kier alpha value is -2.86. The highest BCUT2D eigenvalue weighted by Crippen LogP contribution is 2.19. The van der Waals surface area contributed by atoms with Crippen LogP contribution in [0.4, 0.5) is 5.69 Å². The molecule has 2 rings (SSSR count). The molecule has 0 unspecified atom stereocenters. The molecule has 0 bridgehead atoms. The van der Waals surface area contributed by atoms with Gasteiger partial charge in [0.25, 0.3) is 0 Å². The summed E-state index contributed by atoms with van der Waals surface area (Å²) in [4.78, 5) is 23.4. The summed E-state index contributed by atoms with van der Waals surface area (Å²) in [6.07, 6.45) is 0.879. The first-order valence-corrected chi connectivity index (χ1v) is 7.49. The first kappa shape index (κ1) is 17.5. The van der Waals surface area contributed by atoms with Gasteiger partial charge in [-0.05, 0) is 37.3 Å². The number of aromatic hydroxyl groups is 1. The van der Waals surface area contributed by atoms with E-state index in [1.54, 1.807) is 12.1 Å². The van der Waals surface area contributed by atoms with Crippen LogP contribution < -0.4 is 10.7 Å². The van der Waals surface area contributed by atoms with Gasteiger partial charge in [-0.2, -0.15) is 5.10 Å². The van der Waals surface area contributed by atoms with Crippen molar-refractivity contribution in [2.24, 2.45) is 5.10 Å². The van der Waals surface area contributed by atoms with Crippen molar-refractivity contribution in [1.82, 2.24) is 5.43 Å². The quantitative estimate of drug-likeness (QED) is 0.442. The second kappa shape index (κ2) is 8.12. The van der Waals surface area contributed by atoms with E-state index in [9.17, 15) is 14.7 Å². The lowest BCUT2D eigenvalue weighted by Crippen LogP contribution is -2.24. The number of rotatable bonds is 5. The molecule has 24 heavy (non-hydrogen) atoms. The van der Waals surface area contributed by atoms with Crippen LogP contribution >= 0.6 is 11.6 Å². The van der Waals surface area contributed by atoms with Crippen molar-refractivity contribution >= 4 is 35.3 Å². The molecule has 7 heteroatoms. The molecule has 0 aliphatic carbocycles. The summed E-state index contributed by atoms with van der Waals surface area (Å²) in [5.74, 6) is -1.04. The molecule has 2 aromatic carbocycles. The zero-order chi connectivity index (χ0) is 17.5. The lowest BCUT2D eigenvalue weighted by Gasteiger charge is -2.05. The topological polar surface area (TPSA) is 90.8 Å². The van der Waals surface area contributed by atoms with Gasteiger partial charge in [0.05, 0.1) is 6.21 Å². The number of hydrazone groups is 1. The number of phenols is 1. The van der Waals surface area contributed by atoms with Crippen molar-refractivity contribution in [2.45, 2.75) is 13.3 Å². The van der Waals surface area contributed by atoms with Crippen molar-refractivity contribution in [3.05, 3.63) is 58.6 Å². The van der Waals surface area contributed by atoms with Gasteiger partial charge >= 0.3 is 0 Å². The number of nitrogens with one attached hydrogen (secondary N) is 2. The fourth-order valence-electron chi connectivity index (χ4n) is 1.83. The molecule has 0 aromatic heterocycles. The molecular formula is C17H16ClN3O3. The molecule has 0 aliphatic heterocycles. The SMILES string of the molecule is Cc1ccc(NC(=O)CC(=O)NN=Cc2cc(Cl)ccc2O)cc1. The number of carbonyl (C=O) groups excluding carboxylic acids is 2. The number of nitrogens with zero attached hydrogens (tertiary/aromatic N) is 1. The highest BCUT2D eigenvalue weighted by atomic mass is 35.5. The lowest BCUT2D eigenvalue weighted by atomic mass is 10.2. The number of aryl methyl sites for hydroxylation is 1. The molecule has 0 heterocycles. The minimum Gasteiger partial charge on any atom is -0.507 e. The largest absolute Gasteiger partial charge is 0.507 e. The smallest absolute Gasteiger partial charge is 0.249 e. The molecule has 3 N–H and O–H groups in total. The molecule has 2 aromatic rings. The van der Waals surface area contributed by atoms with Gasteiger partial charge in [-0.15, -0.1) is 0 Å². The number of benzene rings is 2. The summed E-state index contributed by atoms with van der Waals surface area (Å²) in [6.45, 7) is 1.94. The molecule has 2 amide bonds. The number of hydrogen-bond donors (Lipinski definition) is 3. The fraction of sp³-hybridized carbons (Fsp3) is 0.118. The number of hydrogen-bond acceptors (Lipinski definition) is 4. The van der Waals surface area contributed by atoms with Crippen LogP contribution in [0.15, 0.2) is 47.6 Å². The van der Waals surface area contributed by atoms with E-state index in [1.165, 1.54) is 24.4 Å². The summed E-state index contributed by atoms with van der Waals surface area (Å²) in [5, 5.41) is 16.3. The van der Waals surface area contributed by atoms with Crippen molar-refractivity contribution in [2.75, 3.05) is 5.32 Å². The molecule has 6 nitrogen and oxygen atoms in total. The maximum absolute atomic E-state index is 11.8. The fourth-order valence-corrected chi connectivity index (χ4v) is 2.01. The first-order chi connectivity index (χ1) is 11.4. The Morgan fingerprint density at radius 3 is 2.58 bits per heavy atom. The molecule has 0 spiro atoms. The highest BCUT2D eigenvalue weighted by molar-refractivity contribution is 6.30. The van der Waals surface area contributed by atoms with Crippen LogP contribution in [-0.2, 0) is 9.59 Å². The van der Waals surface area contributed by atoms with Gasteiger partial charge in [-0.3, -0.25) is 9.59 Å². The third kappa shape index (κ3) is 5.40. The second-order valence-corrected chi connectivity index (χ2v) is 5.52. The zero-order valence-electron chi connectivity index (χ0n) is 12.9. The minimum atomic E-state index is -0.572. The van der Waals surface area contributed by atoms with Crippen LogP contribution in [0.1, 0.15) is 17.5 Å². The Morgan fingerprint density at radius 1 is 1.17 bits per heavy atom. The number of halogens is 1. The predicted molar refractivity (Wildman–Crippen MR) is 93.3 cm³/mol. The Bertz CT molecular complexity index is 773. The minimum absolute atomic E-state index is 0.0190. The molecule has 0 aliphatic rings. The van der Waals surface area contributed by atoms with Gasteiger partial charge in [0.1, 0.15) is 12.2 Å². The maximum Gasteiger partial charge on any atom is 0.249 e. The molecule has 0 saturated heterocycles. The van der Waals surface area contributed by atoms with Crippen molar-refractivity contribution in [1.29, 1.82) is 0 Å². The third-order valence-electron chi connectivity index (χ3n) is 3.04. The van der Waals surface area contributed by atoms with Crippen molar-refractivity contribution in [3.63, 3.8) is 0 Å². The van der Waals surface area contributed by atoms with Gasteiger partial charge in [0.2, 0.25) is 11.8 Å². The van der Waals surface area contributed by atoms with E-state index in [0.29, 0.717) is 16.3 Å². The standard InChI is InChI=1S/C17H16ClN3O3/c1-11-2-5-14(6-3-11)20-16(23)9-17(24)21-19-10-12-8-13(18)4-7-15(12)22/h2-8,10,22H,9H2,1H3,(H,20,23)(H,21,24). The van der Waals surface area contributed by atoms with E-state index in [0.717, 1.165) is 5.56 Å². The van der Waals surface area contributed by atoms with Crippen LogP contribution in [0.25, 0.3) is 0 Å². The van der Waals surface area contributed by atoms with Gasteiger partial charge in [-0.25, -0.2) is 5.43 Å². The normalized spacial score (nSPS) is 10.6. The predicted octanol–water partition coefficient (Wildman–Crippen LogP) is 2.83.